The highest BCUT2D eigenvalue weighted by atomic mass is 15.2. The Morgan fingerprint density at radius 2 is 0.784 bits per heavy atom. The molecule has 0 bridgehead atoms. The molecular weight excluding hydrogens is 621 g/mol. The van der Waals surface area contributed by atoms with Crippen LogP contribution in [0.25, 0.3) is 22.4 Å². The van der Waals surface area contributed by atoms with Gasteiger partial charge in [0.1, 0.15) is 0 Å². The van der Waals surface area contributed by atoms with Gasteiger partial charge in [-0.2, -0.15) is 0 Å². The van der Waals surface area contributed by atoms with Gasteiger partial charge in [-0.25, -0.2) is 0 Å². The number of aromatic nitrogens is 1. The van der Waals surface area contributed by atoms with Crippen LogP contribution < -0.4 is 15.1 Å². The number of nitrogens with zero attached hydrogens (tertiary/aromatic N) is 3. The van der Waals surface area contributed by atoms with Crippen molar-refractivity contribution in [1.82, 2.24) is 4.98 Å². The quantitative estimate of drug-likeness (QED) is 0.159. The zero-order valence-corrected chi connectivity index (χ0v) is 28.0. The highest BCUT2D eigenvalue weighted by molar-refractivity contribution is 5.94. The first kappa shape index (κ1) is 31.4. The van der Waals surface area contributed by atoms with E-state index in [9.17, 15) is 0 Å². The lowest BCUT2D eigenvalue weighted by Gasteiger charge is -2.30. The summed E-state index contributed by atoms with van der Waals surface area (Å²) < 4.78 is 0. The van der Waals surface area contributed by atoms with Crippen molar-refractivity contribution < 1.29 is 0 Å². The van der Waals surface area contributed by atoms with Crippen LogP contribution in [-0.2, 0) is 0 Å². The van der Waals surface area contributed by atoms with Gasteiger partial charge >= 0.3 is 0 Å². The van der Waals surface area contributed by atoms with Crippen molar-refractivity contribution in [1.29, 1.82) is 0 Å². The van der Waals surface area contributed by atoms with Gasteiger partial charge in [0.15, 0.2) is 0 Å². The van der Waals surface area contributed by atoms with Crippen molar-refractivity contribution in [3.8, 4) is 22.4 Å². The van der Waals surface area contributed by atoms with E-state index in [1.54, 1.807) is 0 Å². The zero-order chi connectivity index (χ0) is 34.2. The lowest BCUT2D eigenvalue weighted by atomic mass is 9.97. The molecule has 8 aromatic rings. The van der Waals surface area contributed by atoms with Crippen LogP contribution >= 0.6 is 0 Å². The topological polar surface area (TPSA) is 31.4 Å². The molecule has 4 nitrogen and oxygen atoms in total. The summed E-state index contributed by atoms with van der Waals surface area (Å²) in [5.41, 5.74) is 12.4. The number of hydrogen-bond acceptors (Lipinski definition) is 4. The van der Waals surface area contributed by atoms with E-state index in [1.165, 1.54) is 0 Å². The maximum absolute atomic E-state index is 4.78. The summed E-state index contributed by atoms with van der Waals surface area (Å²) in [7, 11) is 0. The first-order chi connectivity index (χ1) is 25.3. The van der Waals surface area contributed by atoms with Crippen molar-refractivity contribution >= 4 is 45.5 Å². The number of anilines is 8. The number of pyridine rings is 1. The number of para-hydroxylation sites is 5. The van der Waals surface area contributed by atoms with Crippen LogP contribution in [0.1, 0.15) is 0 Å². The van der Waals surface area contributed by atoms with Gasteiger partial charge in [0.05, 0.1) is 22.8 Å². The standard InChI is InChI=1S/C47H36N4/c1-6-19-36(20-7-1)44-29-18-30-45(46-31-16-17-32-48-46)47(44)49-37-33-42(50(38-21-8-2-9-22-38)39-23-10-3-11-24-39)35-43(34-37)51(40-25-12-4-13-26-40)41-27-14-5-15-28-41/h1-35,49H. The molecule has 0 atom stereocenters. The van der Waals surface area contributed by atoms with Gasteiger partial charge in [-0.05, 0) is 84.4 Å². The van der Waals surface area contributed by atoms with Gasteiger partial charge in [0.25, 0.3) is 0 Å². The van der Waals surface area contributed by atoms with Crippen LogP contribution in [0.3, 0.4) is 0 Å². The summed E-state index contributed by atoms with van der Waals surface area (Å²) >= 11 is 0. The maximum atomic E-state index is 4.78. The molecule has 0 saturated heterocycles. The third-order valence-electron chi connectivity index (χ3n) is 8.84. The Morgan fingerprint density at radius 3 is 1.24 bits per heavy atom. The minimum Gasteiger partial charge on any atom is -0.354 e. The van der Waals surface area contributed by atoms with Gasteiger partial charge < -0.3 is 15.1 Å². The van der Waals surface area contributed by atoms with Crippen molar-refractivity contribution in [2.45, 2.75) is 0 Å². The van der Waals surface area contributed by atoms with Gasteiger partial charge in [-0.3, -0.25) is 4.98 Å². The van der Waals surface area contributed by atoms with Crippen molar-refractivity contribution in [3.63, 3.8) is 0 Å². The molecule has 1 N–H and O–H groups in total. The molecule has 51 heavy (non-hydrogen) atoms. The van der Waals surface area contributed by atoms with E-state index in [0.29, 0.717) is 0 Å². The molecule has 0 saturated carbocycles. The predicted octanol–water partition coefficient (Wildman–Crippen LogP) is 13.1. The van der Waals surface area contributed by atoms with Gasteiger partial charge in [0.2, 0.25) is 0 Å². The summed E-state index contributed by atoms with van der Waals surface area (Å²) in [6.45, 7) is 0. The van der Waals surface area contributed by atoms with E-state index >= 15 is 0 Å². The van der Waals surface area contributed by atoms with Crippen molar-refractivity contribution in [2.24, 2.45) is 0 Å². The zero-order valence-electron chi connectivity index (χ0n) is 28.0. The molecule has 1 heterocycles. The lowest BCUT2D eigenvalue weighted by molar-refractivity contribution is 1.25. The van der Waals surface area contributed by atoms with E-state index in [4.69, 9.17) is 4.98 Å². The van der Waals surface area contributed by atoms with E-state index in [0.717, 1.165) is 67.9 Å². The van der Waals surface area contributed by atoms with E-state index in [2.05, 4.69) is 209 Å². The van der Waals surface area contributed by atoms with Crippen LogP contribution in [0.2, 0.25) is 0 Å². The van der Waals surface area contributed by atoms with Crippen LogP contribution in [0, 0.1) is 0 Å². The first-order valence-electron chi connectivity index (χ1n) is 17.1. The molecule has 0 aliphatic carbocycles. The molecule has 0 radical (unpaired) electrons. The summed E-state index contributed by atoms with van der Waals surface area (Å²) in [5, 5.41) is 3.94. The monoisotopic (exact) mass is 656 g/mol. The average Bonchev–Trinajstić information content (AvgIpc) is 3.20. The molecule has 0 aliphatic heterocycles. The average molecular weight is 657 g/mol. The lowest BCUT2D eigenvalue weighted by Crippen LogP contribution is -2.14. The summed E-state index contributed by atoms with van der Waals surface area (Å²) in [6.07, 6.45) is 1.85. The molecule has 0 amide bonds. The SMILES string of the molecule is c1ccc(-c2cccc(-c3ccccn3)c2Nc2cc(N(c3ccccc3)c3ccccc3)cc(N(c3ccccc3)c3ccccc3)c2)cc1. The second kappa shape index (κ2) is 14.7. The van der Waals surface area contributed by atoms with Gasteiger partial charge in [-0.15, -0.1) is 0 Å². The molecule has 4 heteroatoms. The van der Waals surface area contributed by atoms with E-state index < -0.39 is 0 Å². The summed E-state index contributed by atoms with van der Waals surface area (Å²) in [5.74, 6) is 0. The smallest absolute Gasteiger partial charge is 0.0723 e. The van der Waals surface area contributed by atoms with Crippen LogP contribution in [-0.4, -0.2) is 4.98 Å². The van der Waals surface area contributed by atoms with E-state index in [-0.39, 0.29) is 0 Å². The largest absolute Gasteiger partial charge is 0.354 e. The maximum Gasteiger partial charge on any atom is 0.0723 e. The molecule has 244 valence electrons. The Balaban J connectivity index is 1.38. The highest BCUT2D eigenvalue weighted by Crippen LogP contribution is 2.44. The van der Waals surface area contributed by atoms with Gasteiger partial charge in [-0.1, -0.05) is 127 Å². The number of hydrogen-bond donors (Lipinski definition) is 1. The fourth-order valence-electron chi connectivity index (χ4n) is 6.55. The summed E-state index contributed by atoms with van der Waals surface area (Å²) in [6, 6.07) is 71.9. The highest BCUT2D eigenvalue weighted by Gasteiger charge is 2.20. The van der Waals surface area contributed by atoms with Crippen LogP contribution in [0.4, 0.5) is 45.5 Å². The van der Waals surface area contributed by atoms with Crippen LogP contribution in [0.5, 0.6) is 0 Å². The van der Waals surface area contributed by atoms with Gasteiger partial charge in [0, 0.05) is 45.8 Å². The minimum absolute atomic E-state index is 0.902. The fourth-order valence-corrected chi connectivity index (χ4v) is 6.55. The first-order valence-corrected chi connectivity index (χ1v) is 17.1. The third-order valence-corrected chi connectivity index (χ3v) is 8.84. The minimum atomic E-state index is 0.902. The Morgan fingerprint density at radius 1 is 0.353 bits per heavy atom. The number of nitrogens with one attached hydrogen (secondary N) is 1. The second-order valence-electron chi connectivity index (χ2n) is 12.2. The normalized spacial score (nSPS) is 10.7. The molecule has 7 aromatic carbocycles. The molecule has 0 unspecified atom stereocenters. The molecular formula is C47H36N4. The Hall–Kier alpha value is -6.91. The fraction of sp³-hybridized carbons (Fsp3) is 0. The van der Waals surface area contributed by atoms with E-state index in [1.807, 2.05) is 18.3 Å². The van der Waals surface area contributed by atoms with Crippen molar-refractivity contribution in [3.05, 3.63) is 212 Å². The Labute approximate surface area is 299 Å². The number of rotatable bonds is 10. The van der Waals surface area contributed by atoms with Crippen molar-refractivity contribution in [2.75, 3.05) is 15.1 Å². The molecule has 8 rings (SSSR count). The summed E-state index contributed by atoms with van der Waals surface area (Å²) in [4.78, 5) is 9.40. The van der Waals surface area contributed by atoms with Crippen LogP contribution in [0.15, 0.2) is 212 Å². The molecule has 0 spiro atoms. The Bertz CT molecular complexity index is 2080. The predicted molar refractivity (Wildman–Crippen MR) is 214 cm³/mol. The molecule has 0 fully saturated rings. The third kappa shape index (κ3) is 6.85. The Kier molecular flexibility index (Phi) is 9.03. The second-order valence-corrected chi connectivity index (χ2v) is 12.2. The molecule has 0 aliphatic rings. The number of benzene rings is 7. The molecule has 1 aromatic heterocycles.